The van der Waals surface area contributed by atoms with Crippen molar-refractivity contribution in [2.24, 2.45) is 10.9 Å². The van der Waals surface area contributed by atoms with E-state index in [9.17, 15) is 17.6 Å². The largest absolute Gasteiger partial charge is 0.313 e. The predicted octanol–water partition coefficient (Wildman–Crippen LogP) is 3.01. The summed E-state index contributed by atoms with van der Waals surface area (Å²) in [6.07, 6.45) is 4.92. The fraction of sp³-hybridized carbons (Fsp3) is 0.556. The molecule has 1 aliphatic carbocycles. The van der Waals surface area contributed by atoms with Gasteiger partial charge in [-0.05, 0) is 25.0 Å². The lowest BCUT2D eigenvalue weighted by Crippen LogP contribution is -2.38. The van der Waals surface area contributed by atoms with E-state index in [0.29, 0.717) is 10.9 Å². The van der Waals surface area contributed by atoms with E-state index in [-0.39, 0.29) is 34.6 Å². The zero-order valence-electron chi connectivity index (χ0n) is 14.3. The van der Waals surface area contributed by atoms with Gasteiger partial charge in [0.15, 0.2) is 15.0 Å². The summed E-state index contributed by atoms with van der Waals surface area (Å²) in [7, 11) is -3.16. The third-order valence-electron chi connectivity index (χ3n) is 5.34. The van der Waals surface area contributed by atoms with Gasteiger partial charge in [-0.2, -0.15) is 4.99 Å². The molecule has 2 aliphatic heterocycles. The Morgan fingerprint density at radius 2 is 1.88 bits per heavy atom. The summed E-state index contributed by atoms with van der Waals surface area (Å²) in [6, 6.07) is 5.89. The van der Waals surface area contributed by atoms with Crippen LogP contribution < -0.4 is 4.90 Å². The van der Waals surface area contributed by atoms with Crippen LogP contribution in [0.4, 0.5) is 10.1 Å². The quantitative estimate of drug-likeness (QED) is 0.769. The van der Waals surface area contributed by atoms with Crippen LogP contribution in [0.15, 0.2) is 29.3 Å². The van der Waals surface area contributed by atoms with Gasteiger partial charge in [-0.25, -0.2) is 12.8 Å². The standard InChI is InChI=1S/C18H21FN2O3S2/c19-13-8-4-5-9-14(13)21-15-10-26(23,24)11-16(15)25-18(21)20-17(22)12-6-2-1-3-7-12/h4-5,8-9,12,15-16H,1-3,6-7,10-11H2/t15-,16+/m0/s1. The molecular weight excluding hydrogens is 375 g/mol. The maximum Gasteiger partial charge on any atom is 0.251 e. The summed E-state index contributed by atoms with van der Waals surface area (Å²) >= 11 is 1.30. The third kappa shape index (κ3) is 3.41. The van der Waals surface area contributed by atoms with E-state index >= 15 is 0 Å². The first-order valence-corrected chi connectivity index (χ1v) is 11.7. The molecule has 3 fully saturated rings. The topological polar surface area (TPSA) is 66.8 Å². The number of anilines is 1. The van der Waals surface area contributed by atoms with Crippen molar-refractivity contribution in [3.05, 3.63) is 30.1 Å². The van der Waals surface area contributed by atoms with E-state index in [1.54, 1.807) is 23.1 Å². The van der Waals surface area contributed by atoms with Gasteiger partial charge >= 0.3 is 0 Å². The van der Waals surface area contributed by atoms with Gasteiger partial charge in [0.1, 0.15) is 5.82 Å². The maximum absolute atomic E-state index is 14.4. The highest BCUT2D eigenvalue weighted by atomic mass is 32.2. The minimum Gasteiger partial charge on any atom is -0.313 e. The number of thioether (sulfide) groups is 1. The zero-order chi connectivity index (χ0) is 18.3. The van der Waals surface area contributed by atoms with E-state index in [4.69, 9.17) is 0 Å². The van der Waals surface area contributed by atoms with E-state index in [1.807, 2.05) is 0 Å². The number of amidine groups is 1. The van der Waals surface area contributed by atoms with Crippen molar-refractivity contribution in [2.45, 2.75) is 43.4 Å². The highest BCUT2D eigenvalue weighted by Crippen LogP contribution is 2.42. The Morgan fingerprint density at radius 3 is 2.62 bits per heavy atom. The van der Waals surface area contributed by atoms with E-state index in [2.05, 4.69) is 4.99 Å². The minimum absolute atomic E-state index is 0.0321. The fourth-order valence-electron chi connectivity index (χ4n) is 4.03. The van der Waals surface area contributed by atoms with Crippen molar-refractivity contribution in [1.29, 1.82) is 0 Å². The molecule has 0 unspecified atom stereocenters. The number of carbonyl (C=O) groups is 1. The first-order chi connectivity index (χ1) is 12.4. The van der Waals surface area contributed by atoms with Crippen LogP contribution in [0.2, 0.25) is 0 Å². The summed E-state index contributed by atoms with van der Waals surface area (Å²) in [5.41, 5.74) is 0.291. The first kappa shape index (κ1) is 18.0. The first-order valence-electron chi connectivity index (χ1n) is 8.98. The highest BCUT2D eigenvalue weighted by Gasteiger charge is 2.50. The smallest absolute Gasteiger partial charge is 0.251 e. The Kier molecular flexibility index (Phi) is 4.81. The molecule has 0 bridgehead atoms. The van der Waals surface area contributed by atoms with Crippen molar-refractivity contribution < 1.29 is 17.6 Å². The van der Waals surface area contributed by atoms with E-state index < -0.39 is 15.7 Å². The molecule has 3 aliphatic rings. The van der Waals surface area contributed by atoms with Crippen molar-refractivity contribution in [1.82, 2.24) is 0 Å². The van der Waals surface area contributed by atoms with Crippen LogP contribution in [0.3, 0.4) is 0 Å². The summed E-state index contributed by atoms with van der Waals surface area (Å²) in [4.78, 5) is 18.6. The summed E-state index contributed by atoms with van der Waals surface area (Å²) in [5, 5.41) is 0.230. The molecule has 2 saturated heterocycles. The summed E-state index contributed by atoms with van der Waals surface area (Å²) < 4.78 is 38.5. The van der Waals surface area contributed by atoms with Gasteiger partial charge in [0.2, 0.25) is 0 Å². The van der Waals surface area contributed by atoms with E-state index in [0.717, 1.165) is 32.1 Å². The Hall–Kier alpha value is -1.41. The normalized spacial score (nSPS) is 29.9. The van der Waals surface area contributed by atoms with Crippen LogP contribution in [0.1, 0.15) is 32.1 Å². The van der Waals surface area contributed by atoms with Crippen LogP contribution in [-0.4, -0.2) is 42.3 Å². The van der Waals surface area contributed by atoms with Gasteiger partial charge in [-0.15, -0.1) is 0 Å². The molecule has 140 valence electrons. The second kappa shape index (κ2) is 6.96. The average molecular weight is 397 g/mol. The summed E-state index contributed by atoms with van der Waals surface area (Å²) in [5.74, 6) is -0.643. The number of aliphatic imine (C=N–C) groups is 1. The number of carbonyl (C=O) groups excluding carboxylic acids is 1. The SMILES string of the molecule is O=C(N=C1S[C@@H]2CS(=O)(=O)C[C@@H]2N1c1ccccc1F)C1CCCCC1. The molecule has 0 radical (unpaired) electrons. The number of halogens is 1. The van der Waals surface area contributed by atoms with Crippen molar-refractivity contribution in [3.8, 4) is 0 Å². The minimum atomic E-state index is -3.16. The van der Waals surface area contributed by atoms with Crippen LogP contribution in [0, 0.1) is 11.7 Å². The number of sulfone groups is 1. The van der Waals surface area contributed by atoms with Crippen LogP contribution in [0.25, 0.3) is 0 Å². The monoisotopic (exact) mass is 396 g/mol. The lowest BCUT2D eigenvalue weighted by Gasteiger charge is -2.25. The van der Waals surface area contributed by atoms with Gasteiger partial charge < -0.3 is 4.90 Å². The highest BCUT2D eigenvalue weighted by molar-refractivity contribution is 8.16. The van der Waals surface area contributed by atoms with E-state index in [1.165, 1.54) is 17.8 Å². The van der Waals surface area contributed by atoms with Gasteiger partial charge in [0, 0.05) is 11.2 Å². The predicted molar refractivity (Wildman–Crippen MR) is 102 cm³/mol. The van der Waals surface area contributed by atoms with Gasteiger partial charge in [0.25, 0.3) is 5.91 Å². The van der Waals surface area contributed by atoms with Gasteiger partial charge in [-0.3, -0.25) is 4.79 Å². The number of hydrogen-bond donors (Lipinski definition) is 0. The molecular formula is C18H21FN2O3S2. The van der Waals surface area contributed by atoms with Crippen LogP contribution in [-0.2, 0) is 14.6 Å². The Morgan fingerprint density at radius 1 is 1.15 bits per heavy atom. The fourth-order valence-corrected chi connectivity index (χ4v) is 7.94. The molecule has 0 N–H and O–H groups in total. The maximum atomic E-state index is 14.4. The molecule has 8 heteroatoms. The van der Waals surface area contributed by atoms with Gasteiger partial charge in [0.05, 0.1) is 23.2 Å². The second-order valence-electron chi connectivity index (χ2n) is 7.19. The number of rotatable bonds is 2. The summed E-state index contributed by atoms with van der Waals surface area (Å²) in [6.45, 7) is 0. The molecule has 1 amide bonds. The third-order valence-corrected chi connectivity index (χ3v) is 8.55. The number of para-hydroxylation sites is 1. The molecule has 26 heavy (non-hydrogen) atoms. The molecule has 1 saturated carbocycles. The molecule has 4 rings (SSSR count). The molecule has 1 aromatic rings. The van der Waals surface area contributed by atoms with Crippen molar-refractivity contribution in [3.63, 3.8) is 0 Å². The lowest BCUT2D eigenvalue weighted by atomic mass is 9.89. The van der Waals surface area contributed by atoms with Crippen LogP contribution >= 0.6 is 11.8 Å². The Balaban J connectivity index is 1.68. The van der Waals surface area contributed by atoms with Crippen molar-refractivity contribution >= 4 is 38.4 Å². The number of hydrogen-bond acceptors (Lipinski definition) is 4. The van der Waals surface area contributed by atoms with Gasteiger partial charge in [-0.1, -0.05) is 43.2 Å². The number of benzene rings is 1. The Labute approximate surface area is 157 Å². The number of nitrogens with zero attached hydrogens (tertiary/aromatic N) is 2. The average Bonchev–Trinajstić information content (AvgIpc) is 3.07. The van der Waals surface area contributed by atoms with Crippen molar-refractivity contribution in [2.75, 3.05) is 16.4 Å². The molecule has 0 spiro atoms. The number of fused-ring (bicyclic) bond motifs is 1. The number of amides is 1. The Bertz CT molecular complexity index is 850. The molecule has 0 aromatic heterocycles. The molecule has 2 atom stereocenters. The van der Waals surface area contributed by atoms with Crippen LogP contribution in [0.5, 0.6) is 0 Å². The second-order valence-corrected chi connectivity index (χ2v) is 10.5. The molecule has 2 heterocycles. The molecule has 5 nitrogen and oxygen atoms in total. The zero-order valence-corrected chi connectivity index (χ0v) is 15.9. The molecule has 1 aromatic carbocycles. The lowest BCUT2D eigenvalue weighted by molar-refractivity contribution is -0.122.